The Balaban J connectivity index is 2.69. The van der Waals surface area contributed by atoms with E-state index in [0.717, 1.165) is 25.0 Å². The van der Waals surface area contributed by atoms with Crippen molar-refractivity contribution in [1.82, 2.24) is 0 Å². The van der Waals surface area contributed by atoms with E-state index >= 15 is 0 Å². The number of nitrogens with one attached hydrogen (secondary N) is 1. The standard InChI is InChI=1S/C13H18F2N2O/c1-8(2)4-3-5-18-12-10(14)6-9(13(16)17)7-11(12)15/h6-8H,3-5H2,1-2H3,(H3,16,17). The van der Waals surface area contributed by atoms with Crippen molar-refractivity contribution in [2.45, 2.75) is 26.7 Å². The van der Waals surface area contributed by atoms with E-state index in [1.54, 1.807) is 0 Å². The summed E-state index contributed by atoms with van der Waals surface area (Å²) in [6, 6.07) is 2.01. The molecule has 0 heterocycles. The van der Waals surface area contributed by atoms with Gasteiger partial charge in [0.1, 0.15) is 5.84 Å². The van der Waals surface area contributed by atoms with Crippen molar-refractivity contribution in [2.24, 2.45) is 11.7 Å². The maximum Gasteiger partial charge on any atom is 0.190 e. The average Bonchev–Trinajstić information content (AvgIpc) is 2.26. The van der Waals surface area contributed by atoms with Gasteiger partial charge in [-0.3, -0.25) is 5.41 Å². The minimum Gasteiger partial charge on any atom is -0.488 e. The van der Waals surface area contributed by atoms with E-state index in [4.69, 9.17) is 15.9 Å². The zero-order chi connectivity index (χ0) is 13.7. The van der Waals surface area contributed by atoms with Gasteiger partial charge >= 0.3 is 0 Å². The number of rotatable bonds is 6. The normalized spacial score (nSPS) is 10.7. The van der Waals surface area contributed by atoms with Gasteiger partial charge in [0.05, 0.1) is 6.61 Å². The Kier molecular flexibility index (Phi) is 5.07. The van der Waals surface area contributed by atoms with Crippen molar-refractivity contribution >= 4 is 5.84 Å². The summed E-state index contributed by atoms with van der Waals surface area (Å²) in [7, 11) is 0. The summed E-state index contributed by atoms with van der Waals surface area (Å²) in [6.45, 7) is 4.41. The topological polar surface area (TPSA) is 59.1 Å². The highest BCUT2D eigenvalue weighted by Gasteiger charge is 2.13. The first-order valence-corrected chi connectivity index (χ1v) is 5.88. The lowest BCUT2D eigenvalue weighted by Crippen LogP contribution is -2.12. The Labute approximate surface area is 105 Å². The van der Waals surface area contributed by atoms with Crippen LogP contribution in [0, 0.1) is 23.0 Å². The van der Waals surface area contributed by atoms with Gasteiger partial charge < -0.3 is 10.5 Å². The molecule has 5 heteroatoms. The van der Waals surface area contributed by atoms with Gasteiger partial charge in [-0.2, -0.15) is 0 Å². The number of nitrogens with two attached hydrogens (primary N) is 1. The first-order chi connectivity index (χ1) is 8.41. The number of nitrogen functional groups attached to an aromatic ring is 1. The van der Waals surface area contributed by atoms with Gasteiger partial charge in [-0.25, -0.2) is 8.78 Å². The molecule has 0 bridgehead atoms. The molecule has 0 aliphatic carbocycles. The summed E-state index contributed by atoms with van der Waals surface area (Å²) in [6.07, 6.45) is 1.68. The second-order valence-electron chi connectivity index (χ2n) is 4.57. The molecule has 100 valence electrons. The van der Waals surface area contributed by atoms with Crippen molar-refractivity contribution in [3.8, 4) is 5.75 Å². The number of ether oxygens (including phenoxy) is 1. The van der Waals surface area contributed by atoms with Crippen LogP contribution in [0.1, 0.15) is 32.3 Å². The minimum atomic E-state index is -0.829. The van der Waals surface area contributed by atoms with E-state index in [1.165, 1.54) is 0 Å². The predicted octanol–water partition coefficient (Wildman–Crippen LogP) is 3.06. The molecule has 1 aromatic rings. The Morgan fingerprint density at radius 3 is 2.33 bits per heavy atom. The van der Waals surface area contributed by atoms with Crippen LogP contribution >= 0.6 is 0 Å². The summed E-state index contributed by atoms with van der Waals surface area (Å²) >= 11 is 0. The van der Waals surface area contributed by atoms with Gasteiger partial charge in [0.2, 0.25) is 0 Å². The van der Waals surface area contributed by atoms with Crippen molar-refractivity contribution in [2.75, 3.05) is 6.61 Å². The molecule has 0 aliphatic heterocycles. The van der Waals surface area contributed by atoms with Crippen molar-refractivity contribution < 1.29 is 13.5 Å². The molecule has 0 aliphatic rings. The van der Waals surface area contributed by atoms with Crippen LogP contribution in [0.4, 0.5) is 8.78 Å². The van der Waals surface area contributed by atoms with Gasteiger partial charge in [0, 0.05) is 5.56 Å². The molecule has 0 fully saturated rings. The molecule has 0 unspecified atom stereocenters. The first kappa shape index (κ1) is 14.4. The summed E-state index contributed by atoms with van der Waals surface area (Å²) in [5, 5.41) is 7.12. The molecular weight excluding hydrogens is 238 g/mol. The summed E-state index contributed by atoms with van der Waals surface area (Å²) < 4.78 is 32.2. The number of halogens is 2. The van der Waals surface area contributed by atoms with Crippen molar-refractivity contribution in [3.05, 3.63) is 29.3 Å². The molecule has 0 radical (unpaired) electrons. The van der Waals surface area contributed by atoms with E-state index < -0.39 is 17.4 Å². The summed E-state index contributed by atoms with van der Waals surface area (Å²) in [4.78, 5) is 0. The maximum atomic E-state index is 13.5. The molecule has 1 rings (SSSR count). The van der Waals surface area contributed by atoms with Crippen LogP contribution in [0.2, 0.25) is 0 Å². The quantitative estimate of drug-likeness (QED) is 0.467. The highest BCUT2D eigenvalue weighted by molar-refractivity contribution is 5.95. The van der Waals surface area contributed by atoms with E-state index in [9.17, 15) is 8.78 Å². The Morgan fingerprint density at radius 1 is 1.33 bits per heavy atom. The van der Waals surface area contributed by atoms with E-state index in [0.29, 0.717) is 5.92 Å². The van der Waals surface area contributed by atoms with E-state index in [1.807, 2.05) is 0 Å². The van der Waals surface area contributed by atoms with E-state index in [-0.39, 0.29) is 18.0 Å². The lowest BCUT2D eigenvalue weighted by molar-refractivity contribution is 0.270. The van der Waals surface area contributed by atoms with Crippen LogP contribution in [-0.2, 0) is 0 Å². The molecule has 3 N–H and O–H groups in total. The molecular formula is C13H18F2N2O. The third-order valence-electron chi connectivity index (χ3n) is 2.48. The fourth-order valence-electron chi connectivity index (χ4n) is 1.52. The zero-order valence-electron chi connectivity index (χ0n) is 10.6. The second-order valence-corrected chi connectivity index (χ2v) is 4.57. The molecule has 1 aromatic carbocycles. The third kappa shape index (κ3) is 3.98. The summed E-state index contributed by atoms with van der Waals surface area (Å²) in [5.74, 6) is -1.90. The van der Waals surface area contributed by atoms with Gasteiger partial charge in [-0.1, -0.05) is 13.8 Å². The van der Waals surface area contributed by atoms with Gasteiger partial charge in [-0.15, -0.1) is 0 Å². The molecule has 0 spiro atoms. The number of hydrogen-bond acceptors (Lipinski definition) is 2. The monoisotopic (exact) mass is 256 g/mol. The first-order valence-electron chi connectivity index (χ1n) is 5.88. The number of benzene rings is 1. The maximum absolute atomic E-state index is 13.5. The molecule has 0 aromatic heterocycles. The zero-order valence-corrected chi connectivity index (χ0v) is 10.6. The van der Waals surface area contributed by atoms with Crippen LogP contribution in [-0.4, -0.2) is 12.4 Å². The molecule has 0 saturated carbocycles. The largest absolute Gasteiger partial charge is 0.488 e. The van der Waals surface area contributed by atoms with Crippen LogP contribution < -0.4 is 10.5 Å². The minimum absolute atomic E-state index is 0.0135. The Bertz CT molecular complexity index is 410. The average molecular weight is 256 g/mol. The Morgan fingerprint density at radius 2 is 1.89 bits per heavy atom. The van der Waals surface area contributed by atoms with Gasteiger partial charge in [0.25, 0.3) is 0 Å². The molecule has 18 heavy (non-hydrogen) atoms. The smallest absolute Gasteiger partial charge is 0.190 e. The van der Waals surface area contributed by atoms with Gasteiger partial charge in [0.15, 0.2) is 17.4 Å². The fourth-order valence-corrected chi connectivity index (χ4v) is 1.52. The van der Waals surface area contributed by atoms with E-state index in [2.05, 4.69) is 13.8 Å². The number of amidine groups is 1. The van der Waals surface area contributed by atoms with Crippen LogP contribution in [0.15, 0.2) is 12.1 Å². The highest BCUT2D eigenvalue weighted by atomic mass is 19.1. The van der Waals surface area contributed by atoms with Crippen LogP contribution in [0.5, 0.6) is 5.75 Å². The highest BCUT2D eigenvalue weighted by Crippen LogP contribution is 2.23. The molecule has 3 nitrogen and oxygen atoms in total. The predicted molar refractivity (Wildman–Crippen MR) is 66.9 cm³/mol. The second kappa shape index (κ2) is 6.33. The third-order valence-corrected chi connectivity index (χ3v) is 2.48. The van der Waals surface area contributed by atoms with Gasteiger partial charge in [-0.05, 0) is 30.9 Å². The number of hydrogen-bond donors (Lipinski definition) is 2. The van der Waals surface area contributed by atoms with Crippen LogP contribution in [0.25, 0.3) is 0 Å². The molecule has 0 atom stereocenters. The lowest BCUT2D eigenvalue weighted by Gasteiger charge is -2.10. The molecule has 0 saturated heterocycles. The fraction of sp³-hybridized carbons (Fsp3) is 0.462. The summed E-state index contributed by atoms with van der Waals surface area (Å²) in [5.41, 5.74) is 5.18. The van der Waals surface area contributed by atoms with Crippen LogP contribution in [0.3, 0.4) is 0 Å². The SMILES string of the molecule is CC(C)CCCOc1c(F)cc(C(=N)N)cc1F. The van der Waals surface area contributed by atoms with Crippen molar-refractivity contribution in [3.63, 3.8) is 0 Å². The Hall–Kier alpha value is -1.65. The van der Waals surface area contributed by atoms with Crippen molar-refractivity contribution in [1.29, 1.82) is 5.41 Å². The molecule has 0 amide bonds. The lowest BCUT2D eigenvalue weighted by atomic mass is 10.1.